The largest absolute Gasteiger partial charge is 0.386 e. The molecule has 5 atom stereocenters. The summed E-state index contributed by atoms with van der Waals surface area (Å²) < 4.78 is 11.8. The first-order valence-corrected chi connectivity index (χ1v) is 10.3. The van der Waals surface area contributed by atoms with Crippen LogP contribution in [0, 0.1) is 11.3 Å². The molecule has 1 aliphatic heterocycles. The number of unbranched alkanes of at least 4 members (excludes halogenated alkanes) is 3. The Labute approximate surface area is 162 Å². The average Bonchev–Trinajstić information content (AvgIpc) is 3.03. The molecular formula is C22H35NO4. The maximum absolute atomic E-state index is 11.4. The van der Waals surface area contributed by atoms with E-state index < -0.39 is 22.9 Å². The Morgan fingerprint density at radius 1 is 1.15 bits per heavy atom. The summed E-state index contributed by atoms with van der Waals surface area (Å²) in [6, 6.07) is 9.57. The van der Waals surface area contributed by atoms with Crippen LogP contribution in [0.3, 0.4) is 0 Å². The molecular weight excluding hydrogens is 342 g/mol. The Hall–Kier alpha value is -0.980. The number of fused-ring (bicyclic) bond motifs is 1. The van der Waals surface area contributed by atoms with E-state index in [1.54, 1.807) is 0 Å². The molecule has 2 aliphatic rings. The number of hydrogen-bond donors (Lipinski definition) is 3. The van der Waals surface area contributed by atoms with Gasteiger partial charge < -0.3 is 25.4 Å². The molecule has 0 spiro atoms. The molecule has 152 valence electrons. The average molecular weight is 378 g/mol. The molecule has 2 unspecified atom stereocenters. The highest BCUT2D eigenvalue weighted by molar-refractivity contribution is 5.37. The first-order chi connectivity index (χ1) is 12.8. The third kappa shape index (κ3) is 3.23. The molecule has 5 heteroatoms. The fourth-order valence-electron chi connectivity index (χ4n) is 4.91. The maximum atomic E-state index is 11.4. The first-order valence-electron chi connectivity index (χ1n) is 10.3. The molecule has 0 amide bonds. The zero-order valence-electron chi connectivity index (χ0n) is 16.9. The summed E-state index contributed by atoms with van der Waals surface area (Å²) in [5.41, 5.74) is 3.97. The molecule has 1 aromatic rings. The van der Waals surface area contributed by atoms with Crippen molar-refractivity contribution in [1.82, 2.24) is 0 Å². The normalized spacial score (nSPS) is 35.5. The first kappa shape index (κ1) is 20.7. The van der Waals surface area contributed by atoms with E-state index in [0.29, 0.717) is 13.2 Å². The van der Waals surface area contributed by atoms with E-state index >= 15 is 0 Å². The summed E-state index contributed by atoms with van der Waals surface area (Å²) >= 11 is 0. The number of hydrogen-bond acceptors (Lipinski definition) is 5. The van der Waals surface area contributed by atoms with Crippen molar-refractivity contribution in [3.63, 3.8) is 0 Å². The predicted octanol–water partition coefficient (Wildman–Crippen LogP) is 2.98. The minimum Gasteiger partial charge on any atom is -0.386 e. The zero-order valence-corrected chi connectivity index (χ0v) is 16.9. The van der Waals surface area contributed by atoms with Crippen LogP contribution in [0.1, 0.15) is 58.4 Å². The van der Waals surface area contributed by atoms with Crippen LogP contribution in [0.4, 0.5) is 0 Å². The maximum Gasteiger partial charge on any atom is 0.190 e. The standard InChI is InChI=1S/C22H35NO4/c1-4-5-6-10-13-18(23)17-15-27-19(22(25)20(2,3)21(17,22)24)26-14-16-11-8-7-9-12-16/h7-9,11-12,17-19,24-25H,4-6,10,13-15,23H2,1-3H3/t17-,18?,19?,21+,22+/m1/s1. The molecule has 5 nitrogen and oxygen atoms in total. The van der Waals surface area contributed by atoms with Crippen molar-refractivity contribution in [2.75, 3.05) is 6.61 Å². The van der Waals surface area contributed by atoms with Gasteiger partial charge in [-0.05, 0) is 12.0 Å². The summed E-state index contributed by atoms with van der Waals surface area (Å²) in [4.78, 5) is 0. The molecule has 4 N–H and O–H groups in total. The Bertz CT molecular complexity index is 622. The number of ether oxygens (including phenoxy) is 2. The quantitative estimate of drug-likeness (QED) is 0.576. The van der Waals surface area contributed by atoms with Crippen LogP contribution in [-0.4, -0.2) is 40.4 Å². The molecule has 3 rings (SSSR count). The minimum absolute atomic E-state index is 0.199. The molecule has 1 aliphatic carbocycles. The van der Waals surface area contributed by atoms with E-state index in [-0.39, 0.29) is 12.0 Å². The fraction of sp³-hybridized carbons (Fsp3) is 0.727. The van der Waals surface area contributed by atoms with Gasteiger partial charge in [0.1, 0.15) is 5.60 Å². The van der Waals surface area contributed by atoms with Gasteiger partial charge >= 0.3 is 0 Å². The van der Waals surface area contributed by atoms with Gasteiger partial charge in [-0.25, -0.2) is 0 Å². The smallest absolute Gasteiger partial charge is 0.190 e. The Balaban J connectivity index is 1.66. The molecule has 27 heavy (non-hydrogen) atoms. The van der Waals surface area contributed by atoms with Crippen LogP contribution in [0.15, 0.2) is 30.3 Å². The molecule has 0 bridgehead atoms. The van der Waals surface area contributed by atoms with Gasteiger partial charge in [0.05, 0.1) is 13.2 Å². The van der Waals surface area contributed by atoms with Crippen molar-refractivity contribution < 1.29 is 19.7 Å². The number of benzene rings is 1. The van der Waals surface area contributed by atoms with Crippen molar-refractivity contribution in [3.05, 3.63) is 35.9 Å². The van der Waals surface area contributed by atoms with Crippen molar-refractivity contribution >= 4 is 0 Å². The van der Waals surface area contributed by atoms with E-state index in [9.17, 15) is 10.2 Å². The van der Waals surface area contributed by atoms with Crippen LogP contribution >= 0.6 is 0 Å². The lowest BCUT2D eigenvalue weighted by atomic mass is 9.84. The lowest BCUT2D eigenvalue weighted by Gasteiger charge is -2.39. The summed E-state index contributed by atoms with van der Waals surface area (Å²) in [7, 11) is 0. The van der Waals surface area contributed by atoms with Crippen molar-refractivity contribution in [2.24, 2.45) is 17.1 Å². The Morgan fingerprint density at radius 3 is 2.52 bits per heavy atom. The molecule has 0 radical (unpaired) electrons. The Kier molecular flexibility index (Phi) is 5.99. The van der Waals surface area contributed by atoms with Gasteiger partial charge in [-0.1, -0.05) is 76.8 Å². The van der Waals surface area contributed by atoms with Crippen molar-refractivity contribution in [3.8, 4) is 0 Å². The van der Waals surface area contributed by atoms with Gasteiger partial charge in [-0.3, -0.25) is 0 Å². The third-order valence-electron chi connectivity index (χ3n) is 6.88. The van der Waals surface area contributed by atoms with Gasteiger partial charge in [-0.15, -0.1) is 0 Å². The van der Waals surface area contributed by atoms with Crippen LogP contribution in [-0.2, 0) is 16.1 Å². The van der Waals surface area contributed by atoms with Gasteiger partial charge in [0.15, 0.2) is 11.9 Å². The molecule has 1 aromatic carbocycles. The van der Waals surface area contributed by atoms with Gasteiger partial charge in [0.25, 0.3) is 0 Å². The monoisotopic (exact) mass is 377 g/mol. The lowest BCUT2D eigenvalue weighted by molar-refractivity contribution is -0.268. The summed E-state index contributed by atoms with van der Waals surface area (Å²) in [6.07, 6.45) is 4.53. The number of rotatable bonds is 9. The van der Waals surface area contributed by atoms with Crippen LogP contribution < -0.4 is 5.73 Å². The number of nitrogens with two attached hydrogens (primary N) is 1. The second-order valence-electron chi connectivity index (χ2n) is 8.74. The van der Waals surface area contributed by atoms with Crippen LogP contribution in [0.5, 0.6) is 0 Å². The second kappa shape index (κ2) is 7.80. The van der Waals surface area contributed by atoms with Gasteiger partial charge in [-0.2, -0.15) is 0 Å². The van der Waals surface area contributed by atoms with E-state index in [1.807, 2.05) is 44.2 Å². The van der Waals surface area contributed by atoms with E-state index in [4.69, 9.17) is 15.2 Å². The summed E-state index contributed by atoms with van der Waals surface area (Å²) in [6.45, 7) is 6.55. The Morgan fingerprint density at radius 2 is 1.85 bits per heavy atom. The zero-order chi connectivity index (χ0) is 19.7. The molecule has 1 saturated carbocycles. The van der Waals surface area contributed by atoms with E-state index in [1.165, 1.54) is 12.8 Å². The van der Waals surface area contributed by atoms with E-state index in [2.05, 4.69) is 6.92 Å². The second-order valence-corrected chi connectivity index (χ2v) is 8.74. The van der Waals surface area contributed by atoms with Crippen molar-refractivity contribution in [2.45, 2.75) is 83.0 Å². The topological polar surface area (TPSA) is 84.9 Å². The predicted molar refractivity (Wildman–Crippen MR) is 105 cm³/mol. The van der Waals surface area contributed by atoms with E-state index in [0.717, 1.165) is 24.8 Å². The molecule has 1 heterocycles. The van der Waals surface area contributed by atoms with Crippen LogP contribution in [0.2, 0.25) is 0 Å². The summed E-state index contributed by atoms with van der Waals surface area (Å²) in [5, 5.41) is 22.8. The van der Waals surface area contributed by atoms with Crippen LogP contribution in [0.25, 0.3) is 0 Å². The molecule has 0 aromatic heterocycles. The third-order valence-corrected chi connectivity index (χ3v) is 6.88. The lowest BCUT2D eigenvalue weighted by Crippen LogP contribution is -2.56. The number of aliphatic hydroxyl groups is 2. The van der Waals surface area contributed by atoms with Crippen molar-refractivity contribution in [1.29, 1.82) is 0 Å². The molecule has 2 fully saturated rings. The molecule has 1 saturated heterocycles. The fourth-order valence-corrected chi connectivity index (χ4v) is 4.91. The highest BCUT2D eigenvalue weighted by atomic mass is 16.7. The summed E-state index contributed by atoms with van der Waals surface area (Å²) in [5.74, 6) is -0.296. The minimum atomic E-state index is -1.45. The SMILES string of the molecule is CCCCCCC(N)[C@H]1COC(OCc2ccccc2)[C@]2(O)C(C)(C)[C@@]12O. The highest BCUT2D eigenvalue weighted by Crippen LogP contribution is 2.72. The highest BCUT2D eigenvalue weighted by Gasteiger charge is 2.90. The van der Waals surface area contributed by atoms with Gasteiger partial charge in [0, 0.05) is 17.4 Å². The van der Waals surface area contributed by atoms with Gasteiger partial charge in [0.2, 0.25) is 0 Å².